The van der Waals surface area contributed by atoms with Crippen LogP contribution in [0.25, 0.3) is 0 Å². The predicted octanol–water partition coefficient (Wildman–Crippen LogP) is 1.67. The third-order valence-electron chi connectivity index (χ3n) is 0.933. The van der Waals surface area contributed by atoms with Crippen LogP contribution in [0.4, 0.5) is 0 Å². The molecule has 0 N–H and O–H groups in total. The molecule has 0 radical (unpaired) electrons. The molecule has 0 aromatic rings. The van der Waals surface area contributed by atoms with Gasteiger partial charge in [-0.15, -0.1) is 24.7 Å². The fourth-order valence-corrected chi connectivity index (χ4v) is 0.475. The van der Waals surface area contributed by atoms with Crippen LogP contribution in [0.15, 0.2) is 0 Å². The van der Waals surface area contributed by atoms with Crippen LogP contribution in [0.5, 0.6) is 0 Å². The maximum Gasteiger partial charge on any atom is 0.0121 e. The van der Waals surface area contributed by atoms with E-state index in [4.69, 9.17) is 12.8 Å². The summed E-state index contributed by atoms with van der Waals surface area (Å²) in [6, 6.07) is 0. The van der Waals surface area contributed by atoms with Crippen molar-refractivity contribution < 1.29 is 0 Å². The first-order valence-corrected chi connectivity index (χ1v) is 2.68. The van der Waals surface area contributed by atoms with E-state index in [-0.39, 0.29) is 0 Å². The summed E-state index contributed by atoms with van der Waals surface area (Å²) in [6.07, 6.45) is 11.7. The summed E-state index contributed by atoms with van der Waals surface area (Å²) >= 11 is 0. The van der Waals surface area contributed by atoms with Crippen LogP contribution in [0.3, 0.4) is 0 Å². The van der Waals surface area contributed by atoms with Crippen molar-refractivity contribution in [3.05, 3.63) is 0 Å². The molecule has 0 saturated carbocycles. The van der Waals surface area contributed by atoms with Crippen molar-refractivity contribution in [3.8, 4) is 24.7 Å². The van der Waals surface area contributed by atoms with Gasteiger partial charge in [-0.1, -0.05) is 6.92 Å². The Morgan fingerprint density at radius 2 is 1.62 bits per heavy atom. The second kappa shape index (κ2) is 4.28. The molecule has 0 aliphatic rings. The Balaban J connectivity index is 3.25. The Hall–Kier alpha value is -0.880. The molecule has 0 rings (SSSR count). The number of terminal acetylenes is 2. The van der Waals surface area contributed by atoms with Crippen molar-refractivity contribution in [2.45, 2.75) is 19.8 Å². The van der Waals surface area contributed by atoms with E-state index in [1.165, 1.54) is 0 Å². The lowest BCUT2D eigenvalue weighted by atomic mass is 10.1. The molecule has 0 aromatic carbocycles. The first-order chi connectivity index (χ1) is 3.81. The molecule has 0 nitrogen and oxygen atoms in total. The SMILES string of the molecule is C#CCC(C)CC#C. The van der Waals surface area contributed by atoms with Crippen molar-refractivity contribution in [2.75, 3.05) is 0 Å². The lowest BCUT2D eigenvalue weighted by Crippen LogP contribution is -1.88. The standard InChI is InChI=1S/C8H10/c1-4-6-8(3)7-5-2/h1-2,8H,6-7H2,3H3. The van der Waals surface area contributed by atoms with Crippen LogP contribution in [0.1, 0.15) is 19.8 Å². The number of hydrogen-bond donors (Lipinski definition) is 0. The molecular formula is C8H10. The molecule has 0 aliphatic carbocycles. The zero-order valence-corrected chi connectivity index (χ0v) is 5.15. The van der Waals surface area contributed by atoms with Crippen LogP contribution in [-0.4, -0.2) is 0 Å². The van der Waals surface area contributed by atoms with Crippen molar-refractivity contribution in [3.63, 3.8) is 0 Å². The predicted molar refractivity (Wildman–Crippen MR) is 36.1 cm³/mol. The van der Waals surface area contributed by atoms with Gasteiger partial charge in [0.1, 0.15) is 0 Å². The average Bonchev–Trinajstić information content (AvgIpc) is 1.68. The minimum Gasteiger partial charge on any atom is -0.120 e. The fraction of sp³-hybridized carbons (Fsp3) is 0.500. The van der Waals surface area contributed by atoms with Crippen LogP contribution < -0.4 is 0 Å². The van der Waals surface area contributed by atoms with Crippen LogP contribution in [0.2, 0.25) is 0 Å². The van der Waals surface area contributed by atoms with Crippen LogP contribution in [0, 0.1) is 30.6 Å². The van der Waals surface area contributed by atoms with Crippen molar-refractivity contribution >= 4 is 0 Å². The summed E-state index contributed by atoms with van der Waals surface area (Å²) in [5.41, 5.74) is 0. The molecule has 0 saturated heterocycles. The van der Waals surface area contributed by atoms with E-state index >= 15 is 0 Å². The van der Waals surface area contributed by atoms with Gasteiger partial charge < -0.3 is 0 Å². The highest BCUT2D eigenvalue weighted by molar-refractivity contribution is 4.91. The zero-order valence-electron chi connectivity index (χ0n) is 5.15. The average molecular weight is 106 g/mol. The highest BCUT2D eigenvalue weighted by atomic mass is 14.0. The molecule has 0 bridgehead atoms. The molecule has 8 heavy (non-hydrogen) atoms. The number of hydrogen-bond acceptors (Lipinski definition) is 0. The third kappa shape index (κ3) is 3.32. The highest BCUT2D eigenvalue weighted by Gasteiger charge is 1.93. The van der Waals surface area contributed by atoms with Crippen LogP contribution in [-0.2, 0) is 0 Å². The van der Waals surface area contributed by atoms with Crippen LogP contribution >= 0.6 is 0 Å². The molecule has 0 fully saturated rings. The maximum atomic E-state index is 5.04. The molecule has 0 heterocycles. The van der Waals surface area contributed by atoms with Gasteiger partial charge in [0.05, 0.1) is 0 Å². The zero-order chi connectivity index (χ0) is 6.41. The van der Waals surface area contributed by atoms with Gasteiger partial charge in [-0.3, -0.25) is 0 Å². The Kier molecular flexibility index (Phi) is 3.81. The normalized spacial score (nSPS) is 8.00. The molecule has 0 atom stereocenters. The summed E-state index contributed by atoms with van der Waals surface area (Å²) in [6.45, 7) is 2.06. The molecule has 0 spiro atoms. The van der Waals surface area contributed by atoms with E-state index < -0.39 is 0 Å². The summed E-state index contributed by atoms with van der Waals surface area (Å²) in [7, 11) is 0. The fourth-order valence-electron chi connectivity index (χ4n) is 0.475. The molecule has 0 aliphatic heterocycles. The van der Waals surface area contributed by atoms with Gasteiger partial charge in [0.2, 0.25) is 0 Å². The van der Waals surface area contributed by atoms with Gasteiger partial charge in [0, 0.05) is 12.8 Å². The van der Waals surface area contributed by atoms with Crippen molar-refractivity contribution in [2.24, 2.45) is 5.92 Å². The van der Waals surface area contributed by atoms with E-state index in [1.807, 2.05) is 0 Å². The second-order valence-electron chi connectivity index (χ2n) is 1.92. The lowest BCUT2D eigenvalue weighted by molar-refractivity contribution is 0.624. The van der Waals surface area contributed by atoms with Gasteiger partial charge in [-0.05, 0) is 5.92 Å². The monoisotopic (exact) mass is 106 g/mol. The smallest absolute Gasteiger partial charge is 0.0121 e. The minimum absolute atomic E-state index is 0.491. The molecule has 42 valence electrons. The first kappa shape index (κ1) is 7.12. The number of rotatable bonds is 2. The Labute approximate surface area is 51.3 Å². The highest BCUT2D eigenvalue weighted by Crippen LogP contribution is 2.03. The third-order valence-corrected chi connectivity index (χ3v) is 0.933. The minimum atomic E-state index is 0.491. The summed E-state index contributed by atoms with van der Waals surface area (Å²) < 4.78 is 0. The Morgan fingerprint density at radius 1 is 1.25 bits per heavy atom. The molecule has 0 aromatic heterocycles. The Morgan fingerprint density at radius 3 is 1.88 bits per heavy atom. The molecule has 0 amide bonds. The molecular weight excluding hydrogens is 96.1 g/mol. The summed E-state index contributed by atoms with van der Waals surface area (Å²) in [4.78, 5) is 0. The van der Waals surface area contributed by atoms with E-state index in [2.05, 4.69) is 18.8 Å². The van der Waals surface area contributed by atoms with Gasteiger partial charge >= 0.3 is 0 Å². The maximum absolute atomic E-state index is 5.04. The van der Waals surface area contributed by atoms with Gasteiger partial charge in [-0.2, -0.15) is 0 Å². The van der Waals surface area contributed by atoms with Crippen molar-refractivity contribution in [1.82, 2.24) is 0 Å². The van der Waals surface area contributed by atoms with E-state index in [9.17, 15) is 0 Å². The largest absolute Gasteiger partial charge is 0.120 e. The van der Waals surface area contributed by atoms with E-state index in [1.54, 1.807) is 0 Å². The topological polar surface area (TPSA) is 0 Å². The quantitative estimate of drug-likeness (QED) is 0.470. The van der Waals surface area contributed by atoms with E-state index in [0.717, 1.165) is 12.8 Å². The Bertz CT molecular complexity index is 104. The lowest BCUT2D eigenvalue weighted by Gasteiger charge is -1.98. The van der Waals surface area contributed by atoms with Gasteiger partial charge in [0.25, 0.3) is 0 Å². The molecule has 0 unspecified atom stereocenters. The molecule has 0 heteroatoms. The van der Waals surface area contributed by atoms with Crippen molar-refractivity contribution in [1.29, 1.82) is 0 Å². The first-order valence-electron chi connectivity index (χ1n) is 2.68. The van der Waals surface area contributed by atoms with Gasteiger partial charge in [0.15, 0.2) is 0 Å². The second-order valence-corrected chi connectivity index (χ2v) is 1.92. The van der Waals surface area contributed by atoms with E-state index in [0.29, 0.717) is 5.92 Å². The summed E-state index contributed by atoms with van der Waals surface area (Å²) in [5, 5.41) is 0. The van der Waals surface area contributed by atoms with Gasteiger partial charge in [-0.25, -0.2) is 0 Å². The summed E-state index contributed by atoms with van der Waals surface area (Å²) in [5.74, 6) is 5.60.